The fraction of sp³-hybridized carbons (Fsp3) is 0.462. The number of unbranched alkanes of at least 4 members (excludes halogenated alkanes) is 3. The maximum absolute atomic E-state index is 3.87. The number of benzene rings is 1. The molecule has 0 atom stereocenters. The molecule has 1 aromatic rings. The lowest BCUT2D eigenvalue weighted by atomic mass is 10.2. The standard InChI is InChI=1S/C13H19S/c1-3-4-5-6-11-14-13-9-7-12(2)8-10-13/h7-10H,2-6,11H2,1H3. The van der Waals surface area contributed by atoms with E-state index in [9.17, 15) is 0 Å². The van der Waals surface area contributed by atoms with Gasteiger partial charge < -0.3 is 0 Å². The number of hydrogen-bond donors (Lipinski definition) is 0. The monoisotopic (exact) mass is 207 g/mol. The van der Waals surface area contributed by atoms with Gasteiger partial charge in [0.25, 0.3) is 0 Å². The van der Waals surface area contributed by atoms with Crippen LogP contribution in [0.2, 0.25) is 0 Å². The fourth-order valence-electron chi connectivity index (χ4n) is 1.30. The summed E-state index contributed by atoms with van der Waals surface area (Å²) in [4.78, 5) is 1.37. The maximum Gasteiger partial charge on any atom is 0.00721 e. The van der Waals surface area contributed by atoms with Crippen LogP contribution in [0.4, 0.5) is 0 Å². The van der Waals surface area contributed by atoms with Crippen LogP contribution in [0.15, 0.2) is 29.2 Å². The smallest absolute Gasteiger partial charge is 0.00721 e. The second-order valence-electron chi connectivity index (χ2n) is 3.55. The minimum absolute atomic E-state index is 1.10. The molecule has 0 aliphatic rings. The van der Waals surface area contributed by atoms with E-state index < -0.39 is 0 Å². The second kappa shape index (κ2) is 6.94. The molecule has 0 heterocycles. The van der Waals surface area contributed by atoms with Gasteiger partial charge in [-0.15, -0.1) is 11.8 Å². The molecule has 0 unspecified atom stereocenters. The molecule has 1 aromatic carbocycles. The summed E-state index contributed by atoms with van der Waals surface area (Å²) in [6.45, 7) is 6.12. The van der Waals surface area contributed by atoms with Gasteiger partial charge in [-0.25, -0.2) is 0 Å². The minimum Gasteiger partial charge on any atom is -0.126 e. The molecule has 77 valence electrons. The molecule has 0 aromatic heterocycles. The zero-order chi connectivity index (χ0) is 10.2. The predicted octanol–water partition coefficient (Wildman–Crippen LogP) is 4.54. The average molecular weight is 207 g/mol. The summed E-state index contributed by atoms with van der Waals surface area (Å²) in [6.07, 6.45) is 5.40. The van der Waals surface area contributed by atoms with Crippen molar-refractivity contribution in [3.63, 3.8) is 0 Å². The molecule has 0 saturated heterocycles. The maximum atomic E-state index is 3.87. The Balaban J connectivity index is 2.15. The van der Waals surface area contributed by atoms with Gasteiger partial charge in [-0.1, -0.05) is 38.3 Å². The molecule has 0 fully saturated rings. The molecule has 1 rings (SSSR count). The summed E-state index contributed by atoms with van der Waals surface area (Å²) in [7, 11) is 0. The fourth-order valence-corrected chi connectivity index (χ4v) is 2.22. The van der Waals surface area contributed by atoms with E-state index in [1.165, 1.54) is 36.3 Å². The highest BCUT2D eigenvalue weighted by Crippen LogP contribution is 2.19. The molecule has 0 aliphatic carbocycles. The molecule has 14 heavy (non-hydrogen) atoms. The van der Waals surface area contributed by atoms with Crippen LogP contribution in [0.25, 0.3) is 0 Å². The third-order valence-corrected chi connectivity index (χ3v) is 3.29. The van der Waals surface area contributed by atoms with Gasteiger partial charge >= 0.3 is 0 Å². The van der Waals surface area contributed by atoms with Gasteiger partial charge in [-0.3, -0.25) is 0 Å². The third kappa shape index (κ3) is 4.71. The largest absolute Gasteiger partial charge is 0.126 e. The van der Waals surface area contributed by atoms with Gasteiger partial charge in [0, 0.05) is 4.90 Å². The van der Waals surface area contributed by atoms with Crippen molar-refractivity contribution in [2.45, 2.75) is 37.5 Å². The number of hydrogen-bond acceptors (Lipinski definition) is 1. The van der Waals surface area contributed by atoms with Crippen molar-refractivity contribution in [2.75, 3.05) is 5.75 Å². The van der Waals surface area contributed by atoms with E-state index in [0.717, 1.165) is 5.56 Å². The van der Waals surface area contributed by atoms with E-state index in [1.807, 2.05) is 11.8 Å². The van der Waals surface area contributed by atoms with Gasteiger partial charge in [0.2, 0.25) is 0 Å². The van der Waals surface area contributed by atoms with Gasteiger partial charge in [0.05, 0.1) is 0 Å². The Hall–Kier alpha value is -0.430. The molecular weight excluding hydrogens is 188 g/mol. The van der Waals surface area contributed by atoms with Crippen molar-refractivity contribution >= 4 is 11.8 Å². The summed E-state index contributed by atoms with van der Waals surface area (Å²) in [5.74, 6) is 1.25. The molecule has 1 heteroatoms. The Labute approximate surface area is 92.1 Å². The lowest BCUT2D eigenvalue weighted by Crippen LogP contribution is -1.81. The zero-order valence-electron chi connectivity index (χ0n) is 8.96. The van der Waals surface area contributed by atoms with Crippen LogP contribution >= 0.6 is 11.8 Å². The number of rotatable bonds is 6. The topological polar surface area (TPSA) is 0 Å². The van der Waals surface area contributed by atoms with Crippen LogP contribution in [0, 0.1) is 6.92 Å². The van der Waals surface area contributed by atoms with E-state index in [-0.39, 0.29) is 0 Å². The normalized spacial score (nSPS) is 10.4. The van der Waals surface area contributed by atoms with Crippen molar-refractivity contribution in [1.82, 2.24) is 0 Å². The van der Waals surface area contributed by atoms with Gasteiger partial charge in [0.1, 0.15) is 0 Å². The van der Waals surface area contributed by atoms with Crippen LogP contribution in [-0.2, 0) is 0 Å². The van der Waals surface area contributed by atoms with Crippen LogP contribution in [0.3, 0.4) is 0 Å². The van der Waals surface area contributed by atoms with E-state index in [0.29, 0.717) is 0 Å². The van der Waals surface area contributed by atoms with Crippen LogP contribution in [0.5, 0.6) is 0 Å². The highest BCUT2D eigenvalue weighted by atomic mass is 32.2. The summed E-state index contributed by atoms with van der Waals surface area (Å²) < 4.78 is 0. The highest BCUT2D eigenvalue weighted by molar-refractivity contribution is 7.99. The van der Waals surface area contributed by atoms with Crippen molar-refractivity contribution in [3.8, 4) is 0 Å². The lowest BCUT2D eigenvalue weighted by Gasteiger charge is -2.01. The summed E-state index contributed by atoms with van der Waals surface area (Å²) in [5, 5.41) is 0. The molecule has 0 N–H and O–H groups in total. The number of thioether (sulfide) groups is 1. The van der Waals surface area contributed by atoms with E-state index in [2.05, 4.69) is 38.1 Å². The van der Waals surface area contributed by atoms with E-state index in [4.69, 9.17) is 0 Å². The van der Waals surface area contributed by atoms with Crippen LogP contribution < -0.4 is 0 Å². The molecule has 0 nitrogen and oxygen atoms in total. The molecular formula is C13H19S. The first kappa shape index (κ1) is 11.6. The minimum atomic E-state index is 1.10. The van der Waals surface area contributed by atoms with Crippen molar-refractivity contribution < 1.29 is 0 Å². The molecule has 0 aliphatic heterocycles. The lowest BCUT2D eigenvalue weighted by molar-refractivity contribution is 0.706. The van der Waals surface area contributed by atoms with Crippen molar-refractivity contribution in [3.05, 3.63) is 36.8 Å². The molecule has 0 bridgehead atoms. The Bertz CT molecular complexity index is 238. The summed E-state index contributed by atoms with van der Waals surface area (Å²) in [5.41, 5.74) is 1.10. The van der Waals surface area contributed by atoms with Crippen molar-refractivity contribution in [1.29, 1.82) is 0 Å². The van der Waals surface area contributed by atoms with E-state index in [1.54, 1.807) is 0 Å². The molecule has 1 radical (unpaired) electrons. The summed E-state index contributed by atoms with van der Waals surface area (Å²) >= 11 is 1.95. The Morgan fingerprint density at radius 3 is 2.43 bits per heavy atom. The predicted molar refractivity (Wildman–Crippen MR) is 65.8 cm³/mol. The van der Waals surface area contributed by atoms with Gasteiger partial charge in [0.15, 0.2) is 0 Å². The molecule has 0 saturated carbocycles. The van der Waals surface area contributed by atoms with Crippen molar-refractivity contribution in [2.24, 2.45) is 0 Å². The quantitative estimate of drug-likeness (QED) is 0.487. The molecule has 0 amide bonds. The van der Waals surface area contributed by atoms with Gasteiger partial charge in [-0.2, -0.15) is 0 Å². The molecule has 0 spiro atoms. The first-order chi connectivity index (χ1) is 6.83. The SMILES string of the molecule is [CH2]c1ccc(SCCCCCC)cc1. The third-order valence-electron chi connectivity index (χ3n) is 2.19. The van der Waals surface area contributed by atoms with E-state index >= 15 is 0 Å². The van der Waals surface area contributed by atoms with Crippen LogP contribution in [-0.4, -0.2) is 5.75 Å². The average Bonchev–Trinajstić information content (AvgIpc) is 2.21. The second-order valence-corrected chi connectivity index (χ2v) is 4.72. The first-order valence-electron chi connectivity index (χ1n) is 5.37. The Morgan fingerprint density at radius 1 is 1.07 bits per heavy atom. The van der Waals surface area contributed by atoms with Gasteiger partial charge in [-0.05, 0) is 36.8 Å². The first-order valence-corrected chi connectivity index (χ1v) is 6.36. The Morgan fingerprint density at radius 2 is 1.79 bits per heavy atom. The summed E-state index contributed by atoms with van der Waals surface area (Å²) in [6, 6.07) is 8.47. The van der Waals surface area contributed by atoms with Crippen LogP contribution in [0.1, 0.15) is 38.2 Å². The highest BCUT2D eigenvalue weighted by Gasteiger charge is 1.93. The zero-order valence-corrected chi connectivity index (χ0v) is 9.78. The Kier molecular flexibility index (Phi) is 5.77.